The Morgan fingerprint density at radius 2 is 1.59 bits per heavy atom. The van der Waals surface area contributed by atoms with Crippen molar-refractivity contribution >= 4 is 21.4 Å². The van der Waals surface area contributed by atoms with E-state index in [4.69, 9.17) is 4.42 Å². The lowest BCUT2D eigenvalue weighted by atomic mass is 10.2. The summed E-state index contributed by atoms with van der Waals surface area (Å²) in [5.41, 5.74) is 2.78. The minimum atomic E-state index is -3.25. The van der Waals surface area contributed by atoms with Gasteiger partial charge in [0.05, 0.1) is 12.8 Å². The third-order valence-electron chi connectivity index (χ3n) is 5.01. The molecule has 1 N–H and O–H groups in total. The van der Waals surface area contributed by atoms with Gasteiger partial charge in [-0.3, -0.25) is 9.62 Å². The Balaban J connectivity index is 1.31. The molecule has 4 rings (SSSR count). The van der Waals surface area contributed by atoms with Crippen LogP contribution >= 0.6 is 0 Å². The summed E-state index contributed by atoms with van der Waals surface area (Å²) in [6.07, 6.45) is 1.15. The first-order valence-corrected chi connectivity index (χ1v) is 11.5. The van der Waals surface area contributed by atoms with Crippen molar-refractivity contribution in [2.75, 3.05) is 42.1 Å². The van der Waals surface area contributed by atoms with Gasteiger partial charge < -0.3 is 9.32 Å². The molecular weight excluding hydrogens is 386 g/mol. The summed E-state index contributed by atoms with van der Waals surface area (Å²) in [5.74, 6) is 1.88. The molecular formula is C22H25N3O3S. The second kappa shape index (κ2) is 8.31. The predicted molar refractivity (Wildman–Crippen MR) is 117 cm³/mol. The molecule has 3 aromatic rings. The molecule has 2 heterocycles. The Labute approximate surface area is 171 Å². The third kappa shape index (κ3) is 5.19. The van der Waals surface area contributed by atoms with Crippen LogP contribution in [0.5, 0.6) is 0 Å². The summed E-state index contributed by atoms with van der Waals surface area (Å²) in [5, 5.41) is 0. The van der Waals surface area contributed by atoms with Gasteiger partial charge in [-0.15, -0.1) is 0 Å². The molecule has 1 fully saturated rings. The van der Waals surface area contributed by atoms with E-state index in [9.17, 15) is 8.42 Å². The first kappa shape index (κ1) is 19.5. The highest BCUT2D eigenvalue weighted by atomic mass is 32.2. The van der Waals surface area contributed by atoms with Crippen molar-refractivity contribution in [3.63, 3.8) is 0 Å². The second-order valence-corrected chi connectivity index (χ2v) is 9.06. The minimum Gasteiger partial charge on any atom is -0.460 e. The monoisotopic (exact) mass is 411 g/mol. The topological polar surface area (TPSA) is 65.8 Å². The van der Waals surface area contributed by atoms with Gasteiger partial charge in [0.2, 0.25) is 10.0 Å². The van der Waals surface area contributed by atoms with Crippen molar-refractivity contribution in [3.8, 4) is 11.3 Å². The fourth-order valence-corrected chi connectivity index (χ4v) is 4.12. The molecule has 2 aromatic carbocycles. The number of hydrogen-bond donors (Lipinski definition) is 1. The fraction of sp³-hybridized carbons (Fsp3) is 0.273. The van der Waals surface area contributed by atoms with Crippen LogP contribution in [0.25, 0.3) is 11.3 Å². The molecule has 29 heavy (non-hydrogen) atoms. The minimum absolute atomic E-state index is 0.585. The van der Waals surface area contributed by atoms with E-state index >= 15 is 0 Å². The number of hydrogen-bond acceptors (Lipinski definition) is 5. The lowest BCUT2D eigenvalue weighted by Gasteiger charge is -2.35. The van der Waals surface area contributed by atoms with Crippen molar-refractivity contribution in [2.45, 2.75) is 6.54 Å². The zero-order valence-electron chi connectivity index (χ0n) is 16.4. The molecule has 0 saturated carbocycles. The standard InChI is InChI=1S/C22H25N3O3S/c1-29(26,27)23-19-7-9-20(10-8-19)25-15-13-24(14-16-25)17-21-11-12-22(28-21)18-5-3-2-4-6-18/h2-12,23H,13-17H2,1H3. The van der Waals surface area contributed by atoms with E-state index in [1.807, 2.05) is 36.4 Å². The van der Waals surface area contributed by atoms with Crippen molar-refractivity contribution in [2.24, 2.45) is 0 Å². The Morgan fingerprint density at radius 1 is 0.897 bits per heavy atom. The van der Waals surface area contributed by atoms with Crippen molar-refractivity contribution in [1.29, 1.82) is 0 Å². The maximum atomic E-state index is 11.3. The van der Waals surface area contributed by atoms with Crippen LogP contribution in [0.3, 0.4) is 0 Å². The number of furan rings is 1. The number of nitrogens with one attached hydrogen (secondary N) is 1. The van der Waals surface area contributed by atoms with Gasteiger partial charge in [0.1, 0.15) is 11.5 Å². The summed E-state index contributed by atoms with van der Waals surface area (Å²) in [6.45, 7) is 4.55. The van der Waals surface area contributed by atoms with E-state index in [2.05, 4.69) is 32.7 Å². The molecule has 7 heteroatoms. The zero-order chi connectivity index (χ0) is 20.3. The third-order valence-corrected chi connectivity index (χ3v) is 5.61. The highest BCUT2D eigenvalue weighted by Gasteiger charge is 2.18. The van der Waals surface area contributed by atoms with E-state index in [1.165, 1.54) is 0 Å². The predicted octanol–water partition coefficient (Wildman–Crippen LogP) is 3.64. The smallest absolute Gasteiger partial charge is 0.229 e. The highest BCUT2D eigenvalue weighted by molar-refractivity contribution is 7.92. The maximum absolute atomic E-state index is 11.3. The van der Waals surface area contributed by atoms with Crippen LogP contribution in [0.15, 0.2) is 71.1 Å². The van der Waals surface area contributed by atoms with Gasteiger partial charge in [0.25, 0.3) is 0 Å². The van der Waals surface area contributed by atoms with Crippen LogP contribution in [0, 0.1) is 0 Å². The molecule has 152 valence electrons. The van der Waals surface area contributed by atoms with Crippen molar-refractivity contribution in [1.82, 2.24) is 4.90 Å². The molecule has 0 unspecified atom stereocenters. The number of rotatable bonds is 6. The molecule has 1 aromatic heterocycles. The van der Waals surface area contributed by atoms with E-state index < -0.39 is 10.0 Å². The number of nitrogens with zero attached hydrogens (tertiary/aromatic N) is 2. The van der Waals surface area contributed by atoms with E-state index in [0.717, 1.165) is 61.8 Å². The number of sulfonamides is 1. The summed E-state index contributed by atoms with van der Waals surface area (Å²) >= 11 is 0. The van der Waals surface area contributed by atoms with E-state index in [0.29, 0.717) is 5.69 Å². The SMILES string of the molecule is CS(=O)(=O)Nc1ccc(N2CCN(Cc3ccc(-c4ccccc4)o3)CC2)cc1. The van der Waals surface area contributed by atoms with Gasteiger partial charge >= 0.3 is 0 Å². The molecule has 0 atom stereocenters. The van der Waals surface area contributed by atoms with Crippen LogP contribution in [0.4, 0.5) is 11.4 Å². The summed E-state index contributed by atoms with van der Waals surface area (Å²) in [7, 11) is -3.25. The molecule has 1 aliphatic rings. The molecule has 0 bridgehead atoms. The van der Waals surface area contributed by atoms with E-state index in [1.54, 1.807) is 12.1 Å². The van der Waals surface area contributed by atoms with Crippen LogP contribution < -0.4 is 9.62 Å². The average molecular weight is 412 g/mol. The zero-order valence-corrected chi connectivity index (χ0v) is 17.2. The largest absolute Gasteiger partial charge is 0.460 e. The molecule has 1 aliphatic heterocycles. The van der Waals surface area contributed by atoms with Crippen molar-refractivity contribution in [3.05, 3.63) is 72.5 Å². The Kier molecular flexibility index (Phi) is 5.60. The lowest BCUT2D eigenvalue weighted by Crippen LogP contribution is -2.45. The molecule has 0 aliphatic carbocycles. The summed E-state index contributed by atoms with van der Waals surface area (Å²) < 4.78 is 31.2. The van der Waals surface area contributed by atoms with Crippen LogP contribution in [0.1, 0.15) is 5.76 Å². The van der Waals surface area contributed by atoms with E-state index in [-0.39, 0.29) is 0 Å². The quantitative estimate of drug-likeness (QED) is 0.671. The first-order valence-electron chi connectivity index (χ1n) is 9.65. The molecule has 0 radical (unpaired) electrons. The molecule has 0 spiro atoms. The van der Waals surface area contributed by atoms with Gasteiger partial charge in [0.15, 0.2) is 0 Å². The van der Waals surface area contributed by atoms with Crippen LogP contribution in [0.2, 0.25) is 0 Å². The number of benzene rings is 2. The highest BCUT2D eigenvalue weighted by Crippen LogP contribution is 2.24. The Morgan fingerprint density at radius 3 is 2.24 bits per heavy atom. The second-order valence-electron chi connectivity index (χ2n) is 7.32. The molecule has 1 saturated heterocycles. The Hall–Kier alpha value is -2.77. The van der Waals surface area contributed by atoms with Gasteiger partial charge in [-0.1, -0.05) is 30.3 Å². The lowest BCUT2D eigenvalue weighted by molar-refractivity contribution is 0.231. The van der Waals surface area contributed by atoms with Gasteiger partial charge in [-0.05, 0) is 36.4 Å². The molecule has 0 amide bonds. The Bertz CT molecular complexity index is 1040. The normalized spacial score (nSPS) is 15.4. The maximum Gasteiger partial charge on any atom is 0.229 e. The van der Waals surface area contributed by atoms with Crippen molar-refractivity contribution < 1.29 is 12.8 Å². The summed E-state index contributed by atoms with van der Waals surface area (Å²) in [6, 6.07) is 21.8. The summed E-state index contributed by atoms with van der Waals surface area (Å²) in [4.78, 5) is 4.71. The van der Waals surface area contributed by atoms with Gasteiger partial charge in [-0.25, -0.2) is 8.42 Å². The fourth-order valence-electron chi connectivity index (χ4n) is 3.56. The van der Waals surface area contributed by atoms with Gasteiger partial charge in [-0.2, -0.15) is 0 Å². The van der Waals surface area contributed by atoms with Crippen LogP contribution in [-0.2, 0) is 16.6 Å². The first-order chi connectivity index (χ1) is 14.0. The number of piperazine rings is 1. The molecule has 6 nitrogen and oxygen atoms in total. The van der Waals surface area contributed by atoms with Gasteiger partial charge in [0, 0.05) is 43.1 Å². The average Bonchev–Trinajstić information content (AvgIpc) is 3.17. The number of anilines is 2. The van der Waals surface area contributed by atoms with Crippen LogP contribution in [-0.4, -0.2) is 45.8 Å².